The van der Waals surface area contributed by atoms with E-state index in [1.165, 1.54) is 0 Å². The van der Waals surface area contributed by atoms with Crippen LogP contribution in [0, 0.1) is 0 Å². The third-order valence-electron chi connectivity index (χ3n) is 1.27. The van der Waals surface area contributed by atoms with E-state index in [2.05, 4.69) is 10.1 Å². The average Bonchev–Trinajstić information content (AvgIpc) is 2.11. The number of rotatable bonds is 0. The minimum Gasteiger partial charge on any atom is -0.217 e. The summed E-state index contributed by atoms with van der Waals surface area (Å²) in [6, 6.07) is 0. The molecule has 0 aromatic carbocycles. The maximum absolute atomic E-state index is 10.6. The van der Waals surface area contributed by atoms with Gasteiger partial charge in [0.15, 0.2) is 0 Å². The SMILES string of the molecule is CC(C)(C)[n+]1c[nH]c(=O)[nH]1. The standard InChI is InChI=1S/C6H11N3O/c1-6(2,3)9-4-7-5(10)8-9/h4H,1-3H3,(H,8,10)/p+1. The molecule has 0 radical (unpaired) electrons. The van der Waals surface area contributed by atoms with Gasteiger partial charge >= 0.3 is 5.69 Å². The quantitative estimate of drug-likeness (QED) is 0.482. The first-order valence-corrected chi connectivity index (χ1v) is 3.20. The molecule has 0 atom stereocenters. The van der Waals surface area contributed by atoms with Crippen molar-refractivity contribution < 1.29 is 4.68 Å². The van der Waals surface area contributed by atoms with Crippen molar-refractivity contribution >= 4 is 0 Å². The Bertz CT molecular complexity index is 265. The molecule has 0 unspecified atom stereocenters. The fraction of sp³-hybridized carbons (Fsp3) is 0.667. The number of H-pyrrole nitrogens is 2. The number of hydrogen-bond donors (Lipinski definition) is 2. The Morgan fingerprint density at radius 3 is 2.30 bits per heavy atom. The monoisotopic (exact) mass is 142 g/mol. The van der Waals surface area contributed by atoms with Gasteiger partial charge in [0.1, 0.15) is 5.54 Å². The largest absolute Gasteiger partial charge is 0.441 e. The van der Waals surface area contributed by atoms with Crippen LogP contribution in [0.4, 0.5) is 0 Å². The van der Waals surface area contributed by atoms with E-state index < -0.39 is 0 Å². The van der Waals surface area contributed by atoms with Crippen LogP contribution in [-0.2, 0) is 5.54 Å². The van der Waals surface area contributed by atoms with Gasteiger partial charge in [-0.25, -0.2) is 4.79 Å². The van der Waals surface area contributed by atoms with Gasteiger partial charge in [-0.15, -0.1) is 0 Å². The van der Waals surface area contributed by atoms with Crippen LogP contribution >= 0.6 is 0 Å². The average molecular weight is 142 g/mol. The Balaban J connectivity index is 3.07. The first-order valence-electron chi connectivity index (χ1n) is 3.20. The summed E-state index contributed by atoms with van der Waals surface area (Å²) in [7, 11) is 0. The Hall–Kier alpha value is -1.06. The van der Waals surface area contributed by atoms with Gasteiger partial charge in [-0.1, -0.05) is 0 Å². The molecule has 0 aliphatic heterocycles. The molecule has 0 aliphatic carbocycles. The second-order valence-corrected chi connectivity index (χ2v) is 3.26. The van der Waals surface area contributed by atoms with E-state index >= 15 is 0 Å². The van der Waals surface area contributed by atoms with Crippen molar-refractivity contribution in [3.05, 3.63) is 16.8 Å². The third kappa shape index (κ3) is 1.26. The lowest BCUT2D eigenvalue weighted by Gasteiger charge is -2.11. The molecule has 1 aromatic rings. The molecule has 10 heavy (non-hydrogen) atoms. The van der Waals surface area contributed by atoms with E-state index in [1.807, 2.05) is 20.8 Å². The van der Waals surface area contributed by atoms with Gasteiger partial charge in [-0.3, -0.25) is 0 Å². The molecular weight excluding hydrogens is 130 g/mol. The maximum Gasteiger partial charge on any atom is 0.441 e. The highest BCUT2D eigenvalue weighted by Gasteiger charge is 2.18. The molecule has 4 nitrogen and oxygen atoms in total. The summed E-state index contributed by atoms with van der Waals surface area (Å²) in [5.74, 6) is 0. The summed E-state index contributed by atoms with van der Waals surface area (Å²) < 4.78 is 1.73. The van der Waals surface area contributed by atoms with E-state index in [0.717, 1.165) is 0 Å². The van der Waals surface area contributed by atoms with E-state index in [1.54, 1.807) is 11.0 Å². The van der Waals surface area contributed by atoms with E-state index in [4.69, 9.17) is 0 Å². The predicted molar refractivity (Wildman–Crippen MR) is 36.6 cm³/mol. The van der Waals surface area contributed by atoms with Crippen molar-refractivity contribution in [3.8, 4) is 0 Å². The van der Waals surface area contributed by atoms with Crippen LogP contribution in [0.3, 0.4) is 0 Å². The van der Waals surface area contributed by atoms with Crippen molar-refractivity contribution in [1.82, 2.24) is 10.1 Å². The van der Waals surface area contributed by atoms with Crippen LogP contribution in [0.25, 0.3) is 0 Å². The molecule has 0 amide bonds. The third-order valence-corrected chi connectivity index (χ3v) is 1.27. The zero-order chi connectivity index (χ0) is 7.78. The summed E-state index contributed by atoms with van der Waals surface area (Å²) >= 11 is 0. The summed E-state index contributed by atoms with van der Waals surface area (Å²) in [6.07, 6.45) is 1.63. The fourth-order valence-electron chi connectivity index (χ4n) is 0.658. The van der Waals surface area contributed by atoms with Crippen molar-refractivity contribution in [2.75, 3.05) is 0 Å². The van der Waals surface area contributed by atoms with Gasteiger partial charge in [0.25, 0.3) is 6.33 Å². The first-order chi connectivity index (χ1) is 4.50. The molecule has 0 spiro atoms. The zero-order valence-corrected chi connectivity index (χ0v) is 6.43. The van der Waals surface area contributed by atoms with Crippen LogP contribution < -0.4 is 10.4 Å². The van der Waals surface area contributed by atoms with Gasteiger partial charge in [0, 0.05) is 0 Å². The molecule has 0 bridgehead atoms. The Labute approximate surface area is 58.9 Å². The number of aromatic nitrogens is 3. The summed E-state index contributed by atoms with van der Waals surface area (Å²) in [5, 5.41) is 2.62. The second kappa shape index (κ2) is 1.97. The second-order valence-electron chi connectivity index (χ2n) is 3.26. The highest BCUT2D eigenvalue weighted by molar-refractivity contribution is 4.50. The highest BCUT2D eigenvalue weighted by atomic mass is 16.1. The maximum atomic E-state index is 10.6. The van der Waals surface area contributed by atoms with Crippen LogP contribution in [0.5, 0.6) is 0 Å². The zero-order valence-electron chi connectivity index (χ0n) is 6.43. The number of nitrogens with zero attached hydrogens (tertiary/aromatic N) is 1. The van der Waals surface area contributed by atoms with Gasteiger partial charge in [-0.2, -0.15) is 14.8 Å². The minimum atomic E-state index is -0.171. The van der Waals surface area contributed by atoms with Crippen molar-refractivity contribution in [2.24, 2.45) is 0 Å². The van der Waals surface area contributed by atoms with Crippen LogP contribution in [0.15, 0.2) is 11.1 Å². The lowest BCUT2D eigenvalue weighted by molar-refractivity contribution is -0.804. The van der Waals surface area contributed by atoms with Crippen LogP contribution in [0.2, 0.25) is 0 Å². The van der Waals surface area contributed by atoms with Crippen molar-refractivity contribution in [2.45, 2.75) is 26.3 Å². The lowest BCUT2D eigenvalue weighted by atomic mass is 10.1. The Morgan fingerprint density at radius 1 is 1.50 bits per heavy atom. The summed E-state index contributed by atoms with van der Waals surface area (Å²) in [5.41, 5.74) is -0.228. The Kier molecular flexibility index (Phi) is 1.39. The van der Waals surface area contributed by atoms with E-state index in [-0.39, 0.29) is 11.2 Å². The van der Waals surface area contributed by atoms with Crippen molar-refractivity contribution in [1.29, 1.82) is 0 Å². The topological polar surface area (TPSA) is 52.5 Å². The Morgan fingerprint density at radius 2 is 2.10 bits per heavy atom. The summed E-state index contributed by atoms with van der Waals surface area (Å²) in [6.45, 7) is 6.03. The predicted octanol–water partition coefficient (Wildman–Crippen LogP) is -0.255. The van der Waals surface area contributed by atoms with Gasteiger partial charge < -0.3 is 0 Å². The lowest BCUT2D eigenvalue weighted by Crippen LogP contribution is -2.52. The molecule has 1 aromatic heterocycles. The molecule has 0 aliphatic rings. The number of hydrogen-bond acceptors (Lipinski definition) is 1. The number of nitrogens with one attached hydrogen (secondary N) is 2. The minimum absolute atomic E-state index is 0.0564. The molecule has 0 saturated heterocycles. The van der Waals surface area contributed by atoms with Crippen LogP contribution in [0.1, 0.15) is 20.8 Å². The van der Waals surface area contributed by atoms with Gasteiger partial charge in [-0.05, 0) is 20.8 Å². The molecule has 2 N–H and O–H groups in total. The number of aromatic amines is 2. The molecule has 0 fully saturated rings. The van der Waals surface area contributed by atoms with Gasteiger partial charge in [0.2, 0.25) is 0 Å². The fourth-order valence-corrected chi connectivity index (χ4v) is 0.658. The normalized spacial score (nSPS) is 11.9. The molecule has 1 rings (SSSR count). The van der Waals surface area contributed by atoms with Crippen LogP contribution in [-0.4, -0.2) is 10.1 Å². The highest BCUT2D eigenvalue weighted by Crippen LogP contribution is 1.98. The molecule has 4 heteroatoms. The molecule has 1 heterocycles. The molecule has 56 valence electrons. The van der Waals surface area contributed by atoms with E-state index in [0.29, 0.717) is 0 Å². The summed E-state index contributed by atoms with van der Waals surface area (Å²) in [4.78, 5) is 13.1. The van der Waals surface area contributed by atoms with Gasteiger partial charge in [0.05, 0.1) is 0 Å². The van der Waals surface area contributed by atoms with E-state index in [9.17, 15) is 4.79 Å². The first kappa shape index (κ1) is 7.05. The molecule has 0 saturated carbocycles. The van der Waals surface area contributed by atoms with Crippen molar-refractivity contribution in [3.63, 3.8) is 0 Å². The smallest absolute Gasteiger partial charge is 0.217 e. The molecular formula is C6H12N3O+.